The predicted molar refractivity (Wildman–Crippen MR) is 68.4 cm³/mol. The van der Waals surface area contributed by atoms with Gasteiger partial charge in [0.15, 0.2) is 0 Å². The summed E-state index contributed by atoms with van der Waals surface area (Å²) >= 11 is 0. The van der Waals surface area contributed by atoms with Gasteiger partial charge in [-0.3, -0.25) is 4.79 Å². The summed E-state index contributed by atoms with van der Waals surface area (Å²) < 4.78 is 0. The zero-order valence-electron chi connectivity index (χ0n) is 10.3. The van der Waals surface area contributed by atoms with Gasteiger partial charge in [-0.25, -0.2) is 4.98 Å². The lowest BCUT2D eigenvalue weighted by atomic mass is 10.1. The maximum atomic E-state index is 11.4. The Balaban J connectivity index is 1.93. The summed E-state index contributed by atoms with van der Waals surface area (Å²) in [5.74, 6) is 1.41. The molecule has 5 heteroatoms. The van der Waals surface area contributed by atoms with Crippen LogP contribution in [0.2, 0.25) is 0 Å². The second kappa shape index (κ2) is 5.82. The van der Waals surface area contributed by atoms with Crippen molar-refractivity contribution in [1.82, 2.24) is 15.3 Å². The Morgan fingerprint density at radius 3 is 3.12 bits per heavy atom. The Bertz CT molecular complexity index is 409. The normalized spacial score (nSPS) is 20.2. The zero-order chi connectivity index (χ0) is 12.1. The maximum absolute atomic E-state index is 11.4. The molecule has 2 heterocycles. The third-order valence-corrected chi connectivity index (χ3v) is 3.07. The van der Waals surface area contributed by atoms with E-state index in [-0.39, 0.29) is 5.56 Å². The van der Waals surface area contributed by atoms with Gasteiger partial charge >= 0.3 is 0 Å². The van der Waals surface area contributed by atoms with E-state index in [1.807, 2.05) is 6.92 Å². The van der Waals surface area contributed by atoms with Gasteiger partial charge in [-0.1, -0.05) is 13.3 Å². The van der Waals surface area contributed by atoms with Gasteiger partial charge in [0.05, 0.1) is 0 Å². The summed E-state index contributed by atoms with van der Waals surface area (Å²) in [5.41, 5.74) is -0.0871. The Morgan fingerprint density at radius 1 is 1.53 bits per heavy atom. The first-order valence-corrected chi connectivity index (χ1v) is 6.35. The van der Waals surface area contributed by atoms with Gasteiger partial charge in [-0.2, -0.15) is 0 Å². The van der Waals surface area contributed by atoms with Gasteiger partial charge in [0.2, 0.25) is 0 Å². The van der Waals surface area contributed by atoms with Gasteiger partial charge in [-0.05, 0) is 19.4 Å². The molecule has 1 aromatic rings. The lowest BCUT2D eigenvalue weighted by molar-refractivity contribution is 0.414. The number of nitrogens with zero attached hydrogens (tertiary/aromatic N) is 1. The highest BCUT2D eigenvalue weighted by atomic mass is 16.1. The van der Waals surface area contributed by atoms with Gasteiger partial charge in [0, 0.05) is 25.1 Å². The van der Waals surface area contributed by atoms with E-state index in [0.717, 1.165) is 25.3 Å². The molecule has 0 saturated carbocycles. The van der Waals surface area contributed by atoms with Gasteiger partial charge in [-0.15, -0.1) is 0 Å². The van der Waals surface area contributed by atoms with Crippen LogP contribution in [0.4, 0.5) is 5.82 Å². The molecule has 17 heavy (non-hydrogen) atoms. The number of rotatable bonds is 4. The molecule has 3 N–H and O–H groups in total. The second-order valence-electron chi connectivity index (χ2n) is 4.46. The molecule has 1 fully saturated rings. The molecule has 0 radical (unpaired) electrons. The number of aromatic amines is 1. The molecule has 1 unspecified atom stereocenters. The molecule has 0 amide bonds. The average molecular weight is 236 g/mol. The van der Waals surface area contributed by atoms with Crippen molar-refractivity contribution in [3.05, 3.63) is 22.2 Å². The molecule has 1 aromatic heterocycles. The average Bonchev–Trinajstić information content (AvgIpc) is 2.37. The van der Waals surface area contributed by atoms with Gasteiger partial charge < -0.3 is 15.6 Å². The maximum Gasteiger partial charge on any atom is 0.252 e. The molecule has 5 nitrogen and oxygen atoms in total. The van der Waals surface area contributed by atoms with Crippen molar-refractivity contribution in [1.29, 1.82) is 0 Å². The Labute approximate surface area is 101 Å². The Hall–Kier alpha value is -1.36. The fraction of sp³-hybridized carbons (Fsp3) is 0.667. The summed E-state index contributed by atoms with van der Waals surface area (Å²) in [4.78, 5) is 18.4. The van der Waals surface area contributed by atoms with E-state index in [1.54, 1.807) is 0 Å². The van der Waals surface area contributed by atoms with E-state index in [9.17, 15) is 4.79 Å². The largest absolute Gasteiger partial charge is 0.368 e. The van der Waals surface area contributed by atoms with Crippen molar-refractivity contribution in [2.24, 2.45) is 0 Å². The predicted octanol–water partition coefficient (Wildman–Crippen LogP) is 0.886. The third kappa shape index (κ3) is 3.56. The molecule has 0 bridgehead atoms. The summed E-state index contributed by atoms with van der Waals surface area (Å²) in [6.45, 7) is 3.90. The molecule has 0 aromatic carbocycles. The van der Waals surface area contributed by atoms with Crippen molar-refractivity contribution in [2.45, 2.75) is 38.6 Å². The van der Waals surface area contributed by atoms with Crippen LogP contribution in [-0.4, -0.2) is 29.1 Å². The topological polar surface area (TPSA) is 69.8 Å². The molecule has 1 aliphatic rings. The number of anilines is 1. The minimum Gasteiger partial charge on any atom is -0.368 e. The highest BCUT2D eigenvalue weighted by Crippen LogP contribution is 2.08. The number of hydrogen-bond donors (Lipinski definition) is 3. The van der Waals surface area contributed by atoms with Crippen molar-refractivity contribution < 1.29 is 0 Å². The van der Waals surface area contributed by atoms with Crippen molar-refractivity contribution in [3.8, 4) is 0 Å². The van der Waals surface area contributed by atoms with E-state index in [1.165, 1.54) is 25.3 Å². The summed E-state index contributed by atoms with van der Waals surface area (Å²) in [7, 11) is 0. The van der Waals surface area contributed by atoms with E-state index >= 15 is 0 Å². The number of piperidine rings is 1. The minimum atomic E-state index is -0.0871. The van der Waals surface area contributed by atoms with E-state index < -0.39 is 0 Å². The third-order valence-electron chi connectivity index (χ3n) is 3.07. The molecular weight excluding hydrogens is 216 g/mol. The summed E-state index contributed by atoms with van der Waals surface area (Å²) in [6.07, 6.45) is 4.48. The number of aromatic nitrogens is 2. The van der Waals surface area contributed by atoms with Crippen LogP contribution in [0.5, 0.6) is 0 Å². The highest BCUT2D eigenvalue weighted by molar-refractivity contribution is 5.33. The molecule has 94 valence electrons. The van der Waals surface area contributed by atoms with Gasteiger partial charge in [0.25, 0.3) is 5.56 Å². The first-order chi connectivity index (χ1) is 8.28. The first-order valence-electron chi connectivity index (χ1n) is 6.35. The lowest BCUT2D eigenvalue weighted by Crippen LogP contribution is -2.39. The van der Waals surface area contributed by atoms with Crippen molar-refractivity contribution in [3.63, 3.8) is 0 Å². The quantitative estimate of drug-likeness (QED) is 0.726. The smallest absolute Gasteiger partial charge is 0.252 e. The molecular formula is C12H20N4O. The van der Waals surface area contributed by atoms with Crippen LogP contribution in [-0.2, 0) is 6.42 Å². The van der Waals surface area contributed by atoms with Crippen molar-refractivity contribution >= 4 is 5.82 Å². The molecule has 0 spiro atoms. The molecule has 1 saturated heterocycles. The number of H-pyrrole nitrogens is 1. The molecule has 1 aliphatic heterocycles. The molecule has 0 aliphatic carbocycles. The van der Waals surface area contributed by atoms with Gasteiger partial charge in [0.1, 0.15) is 11.6 Å². The van der Waals surface area contributed by atoms with Crippen LogP contribution < -0.4 is 16.2 Å². The SMILES string of the molecule is CCc1nc(NCC2CCCCN2)cc(=O)[nH]1. The Morgan fingerprint density at radius 2 is 2.41 bits per heavy atom. The van der Waals surface area contributed by atoms with Crippen LogP contribution in [0, 0.1) is 0 Å². The van der Waals surface area contributed by atoms with Crippen LogP contribution in [0.1, 0.15) is 32.0 Å². The summed E-state index contributed by atoms with van der Waals surface area (Å²) in [6, 6.07) is 2.01. The van der Waals surface area contributed by atoms with E-state index in [4.69, 9.17) is 0 Å². The number of hydrogen-bond acceptors (Lipinski definition) is 4. The number of aryl methyl sites for hydroxylation is 1. The van der Waals surface area contributed by atoms with E-state index in [2.05, 4.69) is 20.6 Å². The highest BCUT2D eigenvalue weighted by Gasteiger charge is 2.12. The number of nitrogens with one attached hydrogen (secondary N) is 3. The summed E-state index contributed by atoms with van der Waals surface area (Å²) in [5, 5.41) is 6.69. The van der Waals surface area contributed by atoms with Crippen LogP contribution in [0.15, 0.2) is 10.9 Å². The minimum absolute atomic E-state index is 0.0871. The Kier molecular flexibility index (Phi) is 4.14. The second-order valence-corrected chi connectivity index (χ2v) is 4.46. The fourth-order valence-electron chi connectivity index (χ4n) is 2.09. The van der Waals surface area contributed by atoms with Crippen LogP contribution in [0.3, 0.4) is 0 Å². The first kappa shape index (κ1) is 12.1. The molecule has 2 rings (SSSR count). The van der Waals surface area contributed by atoms with Crippen LogP contribution in [0.25, 0.3) is 0 Å². The molecule has 1 atom stereocenters. The fourth-order valence-corrected chi connectivity index (χ4v) is 2.09. The van der Waals surface area contributed by atoms with Crippen LogP contribution >= 0.6 is 0 Å². The standard InChI is InChI=1S/C12H20N4O/c1-2-10-15-11(7-12(17)16-10)14-8-9-5-3-4-6-13-9/h7,9,13H,2-6,8H2,1H3,(H2,14,15,16,17). The zero-order valence-corrected chi connectivity index (χ0v) is 10.3. The van der Waals surface area contributed by atoms with E-state index in [0.29, 0.717) is 11.9 Å². The lowest BCUT2D eigenvalue weighted by Gasteiger charge is -2.23. The van der Waals surface area contributed by atoms with Crippen molar-refractivity contribution in [2.75, 3.05) is 18.4 Å². The monoisotopic (exact) mass is 236 g/mol.